The summed E-state index contributed by atoms with van der Waals surface area (Å²) in [6.45, 7) is 6.12. The molecule has 1 heterocycles. The lowest BCUT2D eigenvalue weighted by atomic mass is 9.82. The van der Waals surface area contributed by atoms with E-state index in [0.29, 0.717) is 5.56 Å². The van der Waals surface area contributed by atoms with Crippen LogP contribution in [0.1, 0.15) is 32.4 Å². The fourth-order valence-corrected chi connectivity index (χ4v) is 1.95. The first-order valence-corrected chi connectivity index (χ1v) is 5.49. The predicted molar refractivity (Wildman–Crippen MR) is 64.5 cm³/mol. The van der Waals surface area contributed by atoms with Crippen molar-refractivity contribution < 1.29 is 9.13 Å². The minimum absolute atomic E-state index is 0.127. The zero-order valence-electron chi connectivity index (χ0n) is 10.7. The molecule has 0 saturated carbocycles. The smallest absolute Gasteiger partial charge is 0.141 e. The van der Waals surface area contributed by atoms with E-state index < -0.39 is 0 Å². The van der Waals surface area contributed by atoms with Crippen LogP contribution in [0.4, 0.5) is 4.39 Å². The third-order valence-electron chi connectivity index (χ3n) is 2.67. The van der Waals surface area contributed by atoms with Crippen molar-refractivity contribution in [2.24, 2.45) is 11.3 Å². The number of nitrogens with zero attached hydrogens (tertiary/aromatic N) is 1. The van der Waals surface area contributed by atoms with Gasteiger partial charge in [-0.3, -0.25) is 16.3 Å². The van der Waals surface area contributed by atoms with Gasteiger partial charge in [-0.1, -0.05) is 20.8 Å². The molecule has 0 fully saturated rings. The summed E-state index contributed by atoms with van der Waals surface area (Å²) in [4.78, 5) is 3.83. The van der Waals surface area contributed by atoms with Crippen molar-refractivity contribution >= 4 is 0 Å². The second-order valence-electron chi connectivity index (χ2n) is 5.10. The molecule has 1 rings (SSSR count). The largest absolute Gasteiger partial charge is 0.379 e. The number of hydrogen-bond acceptors (Lipinski definition) is 4. The molecule has 96 valence electrons. The van der Waals surface area contributed by atoms with Gasteiger partial charge in [-0.15, -0.1) is 0 Å². The van der Waals surface area contributed by atoms with Gasteiger partial charge >= 0.3 is 0 Å². The number of nitrogens with one attached hydrogen (secondary N) is 1. The molecule has 3 N–H and O–H groups in total. The molecule has 1 aromatic heterocycles. The molecule has 0 aliphatic rings. The van der Waals surface area contributed by atoms with Crippen molar-refractivity contribution in [3.63, 3.8) is 0 Å². The fraction of sp³-hybridized carbons (Fsp3) is 0.583. The normalized spacial score (nSPS) is 15.6. The lowest BCUT2D eigenvalue weighted by Crippen LogP contribution is -2.44. The molecule has 0 amide bonds. The van der Waals surface area contributed by atoms with E-state index in [0.717, 1.165) is 6.20 Å². The van der Waals surface area contributed by atoms with Crippen molar-refractivity contribution in [1.82, 2.24) is 10.4 Å². The molecule has 0 aliphatic heterocycles. The van der Waals surface area contributed by atoms with Crippen LogP contribution in [0.5, 0.6) is 0 Å². The van der Waals surface area contributed by atoms with Crippen LogP contribution in [0.15, 0.2) is 18.5 Å². The number of hydrogen-bond donors (Lipinski definition) is 2. The van der Waals surface area contributed by atoms with Gasteiger partial charge in [0.05, 0.1) is 18.3 Å². The maximum atomic E-state index is 13.2. The first kappa shape index (κ1) is 14.0. The van der Waals surface area contributed by atoms with Crippen molar-refractivity contribution in [3.05, 3.63) is 29.8 Å². The van der Waals surface area contributed by atoms with Gasteiger partial charge in [0.15, 0.2) is 0 Å². The van der Waals surface area contributed by atoms with Gasteiger partial charge in [0.1, 0.15) is 5.82 Å². The van der Waals surface area contributed by atoms with E-state index >= 15 is 0 Å². The van der Waals surface area contributed by atoms with Gasteiger partial charge in [-0.25, -0.2) is 4.39 Å². The van der Waals surface area contributed by atoms with E-state index in [-0.39, 0.29) is 23.4 Å². The number of halogens is 1. The average molecular weight is 241 g/mol. The van der Waals surface area contributed by atoms with Crippen LogP contribution in [0.3, 0.4) is 0 Å². The minimum Gasteiger partial charge on any atom is -0.379 e. The van der Waals surface area contributed by atoms with E-state index in [9.17, 15) is 4.39 Å². The van der Waals surface area contributed by atoms with Crippen LogP contribution in [0, 0.1) is 11.2 Å². The second-order valence-corrected chi connectivity index (χ2v) is 5.10. The Bertz CT molecular complexity index is 365. The maximum absolute atomic E-state index is 13.2. The molecule has 5 heteroatoms. The van der Waals surface area contributed by atoms with Crippen LogP contribution in [0.25, 0.3) is 0 Å². The SMILES string of the molecule is COC(C(NN)c1cncc(F)c1)C(C)(C)C. The van der Waals surface area contributed by atoms with E-state index in [1.165, 1.54) is 6.07 Å². The van der Waals surface area contributed by atoms with E-state index in [4.69, 9.17) is 10.6 Å². The highest BCUT2D eigenvalue weighted by atomic mass is 19.1. The molecule has 1 aromatic rings. The summed E-state index contributed by atoms with van der Waals surface area (Å²) in [5, 5.41) is 0. The molecule has 0 spiro atoms. The molecular formula is C12H20FN3O. The molecular weight excluding hydrogens is 221 g/mol. The third-order valence-corrected chi connectivity index (χ3v) is 2.67. The Morgan fingerprint density at radius 2 is 2.06 bits per heavy atom. The summed E-state index contributed by atoms with van der Waals surface area (Å²) >= 11 is 0. The highest BCUT2D eigenvalue weighted by molar-refractivity contribution is 5.17. The van der Waals surface area contributed by atoms with Crippen LogP contribution in [-0.4, -0.2) is 18.2 Å². The topological polar surface area (TPSA) is 60.2 Å². The third kappa shape index (κ3) is 3.46. The van der Waals surface area contributed by atoms with Crippen molar-refractivity contribution in [3.8, 4) is 0 Å². The molecule has 0 aliphatic carbocycles. The molecule has 0 radical (unpaired) electrons. The monoisotopic (exact) mass is 241 g/mol. The molecule has 0 bridgehead atoms. The van der Waals surface area contributed by atoms with Crippen LogP contribution in [-0.2, 0) is 4.74 Å². The lowest BCUT2D eigenvalue weighted by Gasteiger charge is -2.35. The number of pyridine rings is 1. The number of hydrazine groups is 1. The highest BCUT2D eigenvalue weighted by Crippen LogP contribution is 2.31. The lowest BCUT2D eigenvalue weighted by molar-refractivity contribution is -0.0121. The summed E-state index contributed by atoms with van der Waals surface area (Å²) < 4.78 is 18.6. The van der Waals surface area contributed by atoms with Crippen molar-refractivity contribution in [2.75, 3.05) is 7.11 Å². The molecule has 17 heavy (non-hydrogen) atoms. The van der Waals surface area contributed by atoms with E-state index in [2.05, 4.69) is 10.4 Å². The average Bonchev–Trinajstić information content (AvgIpc) is 2.23. The molecule has 0 saturated heterocycles. The Morgan fingerprint density at radius 3 is 2.47 bits per heavy atom. The van der Waals surface area contributed by atoms with Gasteiger partial charge < -0.3 is 4.74 Å². The van der Waals surface area contributed by atoms with Crippen molar-refractivity contribution in [1.29, 1.82) is 0 Å². The van der Waals surface area contributed by atoms with Crippen molar-refractivity contribution in [2.45, 2.75) is 32.9 Å². The predicted octanol–water partition coefficient (Wildman–Crippen LogP) is 1.79. The Hall–Kier alpha value is -1.04. The van der Waals surface area contributed by atoms with Crippen LogP contribution >= 0.6 is 0 Å². The Kier molecular flexibility index (Phi) is 4.56. The molecule has 0 aromatic carbocycles. The number of aromatic nitrogens is 1. The van der Waals surface area contributed by atoms with E-state index in [1.54, 1.807) is 13.3 Å². The van der Waals surface area contributed by atoms with Gasteiger partial charge in [0, 0.05) is 13.3 Å². The molecule has 2 atom stereocenters. The fourth-order valence-electron chi connectivity index (χ4n) is 1.95. The summed E-state index contributed by atoms with van der Waals surface area (Å²) in [5.74, 6) is 5.16. The Balaban J connectivity index is 3.05. The Labute approximate surface area is 101 Å². The molecule has 4 nitrogen and oxygen atoms in total. The maximum Gasteiger partial charge on any atom is 0.141 e. The summed E-state index contributed by atoms with van der Waals surface area (Å²) in [6.07, 6.45) is 2.57. The quantitative estimate of drug-likeness (QED) is 0.623. The van der Waals surface area contributed by atoms with Gasteiger partial charge in [0.2, 0.25) is 0 Å². The standard InChI is InChI=1S/C12H20FN3O/c1-12(2,3)11(17-4)10(16-14)8-5-9(13)7-15-6-8/h5-7,10-11,16H,14H2,1-4H3. The number of methoxy groups -OCH3 is 1. The van der Waals surface area contributed by atoms with Crippen LogP contribution in [0.2, 0.25) is 0 Å². The number of ether oxygens (including phenoxy) is 1. The highest BCUT2D eigenvalue weighted by Gasteiger charge is 2.33. The second kappa shape index (κ2) is 5.53. The Morgan fingerprint density at radius 1 is 1.41 bits per heavy atom. The van der Waals surface area contributed by atoms with Gasteiger partial charge in [0.25, 0.3) is 0 Å². The van der Waals surface area contributed by atoms with Gasteiger partial charge in [-0.2, -0.15) is 0 Å². The number of nitrogens with two attached hydrogens (primary N) is 1. The first-order valence-electron chi connectivity index (χ1n) is 5.49. The molecule has 2 unspecified atom stereocenters. The van der Waals surface area contributed by atoms with Gasteiger partial charge in [-0.05, 0) is 17.0 Å². The first-order chi connectivity index (χ1) is 7.90. The summed E-state index contributed by atoms with van der Waals surface area (Å²) in [6, 6.07) is 1.11. The van der Waals surface area contributed by atoms with Crippen LogP contribution < -0.4 is 11.3 Å². The van der Waals surface area contributed by atoms with E-state index in [1.807, 2.05) is 20.8 Å². The minimum atomic E-state index is -0.383. The zero-order valence-corrected chi connectivity index (χ0v) is 10.7. The number of rotatable bonds is 4. The summed E-state index contributed by atoms with van der Waals surface area (Å²) in [5.41, 5.74) is 3.22. The zero-order chi connectivity index (χ0) is 13.1. The summed E-state index contributed by atoms with van der Waals surface area (Å²) in [7, 11) is 1.62.